The van der Waals surface area contributed by atoms with E-state index < -0.39 is 5.91 Å². The Morgan fingerprint density at radius 3 is 2.53 bits per heavy atom. The topological polar surface area (TPSA) is 56.0 Å². The zero-order chi connectivity index (χ0) is 11.6. The van der Waals surface area contributed by atoms with E-state index in [1.807, 2.05) is 12.1 Å². The van der Waals surface area contributed by atoms with Crippen LogP contribution in [0.25, 0.3) is 0 Å². The van der Waals surface area contributed by atoms with Crippen LogP contribution in [0.2, 0.25) is 0 Å². The Morgan fingerprint density at radius 2 is 2.07 bits per heavy atom. The molecule has 0 saturated carbocycles. The Kier molecular flexibility index (Phi) is 3.12. The van der Waals surface area contributed by atoms with Crippen LogP contribution >= 0.6 is 0 Å². The summed E-state index contributed by atoms with van der Waals surface area (Å²) >= 11 is 0. The van der Waals surface area contributed by atoms with Crippen molar-refractivity contribution in [1.82, 2.24) is 4.98 Å². The molecule has 1 rings (SSSR count). The summed E-state index contributed by atoms with van der Waals surface area (Å²) < 4.78 is 0. The molecule has 1 heterocycles. The summed E-state index contributed by atoms with van der Waals surface area (Å²) in [6.45, 7) is 8.44. The number of carbonyl (C=O) groups excluding carboxylic acids is 1. The molecule has 0 radical (unpaired) electrons. The van der Waals surface area contributed by atoms with Gasteiger partial charge in [-0.2, -0.15) is 0 Å². The number of aromatic nitrogens is 1. The average molecular weight is 206 g/mol. The molecule has 1 aromatic rings. The van der Waals surface area contributed by atoms with Crippen molar-refractivity contribution in [1.29, 1.82) is 0 Å². The van der Waals surface area contributed by atoms with Crippen LogP contribution < -0.4 is 5.73 Å². The van der Waals surface area contributed by atoms with Gasteiger partial charge < -0.3 is 5.73 Å². The second-order valence-corrected chi connectivity index (χ2v) is 4.64. The lowest BCUT2D eigenvalue weighted by Gasteiger charge is -2.30. The molecule has 0 aliphatic heterocycles. The zero-order valence-electron chi connectivity index (χ0n) is 9.74. The van der Waals surface area contributed by atoms with Crippen LogP contribution in [0.3, 0.4) is 0 Å². The smallest absolute Gasteiger partial charge is 0.267 e. The normalized spacial score (nSPS) is 11.8. The van der Waals surface area contributed by atoms with Gasteiger partial charge in [-0.25, -0.2) is 0 Å². The minimum Gasteiger partial charge on any atom is -0.364 e. The van der Waals surface area contributed by atoms with Crippen LogP contribution in [0.5, 0.6) is 0 Å². The van der Waals surface area contributed by atoms with E-state index in [1.54, 1.807) is 6.20 Å². The first-order valence-electron chi connectivity index (χ1n) is 5.12. The van der Waals surface area contributed by atoms with Crippen molar-refractivity contribution >= 4 is 5.91 Å². The minimum atomic E-state index is -0.459. The Balaban J connectivity index is 3.31. The van der Waals surface area contributed by atoms with Gasteiger partial charge in [0.15, 0.2) is 0 Å². The molecule has 0 fully saturated rings. The maximum Gasteiger partial charge on any atom is 0.267 e. The Labute approximate surface area is 90.7 Å². The zero-order valence-corrected chi connectivity index (χ0v) is 9.74. The Bertz CT molecular complexity index is 370. The van der Waals surface area contributed by atoms with Crippen LogP contribution in [-0.2, 0) is 5.41 Å². The van der Waals surface area contributed by atoms with Gasteiger partial charge in [0.25, 0.3) is 5.91 Å². The van der Waals surface area contributed by atoms with E-state index in [1.165, 1.54) is 0 Å². The van der Waals surface area contributed by atoms with Gasteiger partial charge in [0.1, 0.15) is 5.69 Å². The van der Waals surface area contributed by atoms with E-state index in [9.17, 15) is 4.79 Å². The molecule has 1 aromatic heterocycles. The van der Waals surface area contributed by atoms with Crippen molar-refractivity contribution in [2.24, 2.45) is 11.7 Å². The number of amides is 1. The number of hydrogen-bond donors (Lipinski definition) is 1. The predicted octanol–water partition coefficient (Wildman–Crippen LogP) is 2.11. The summed E-state index contributed by atoms with van der Waals surface area (Å²) in [5.41, 5.74) is 6.52. The largest absolute Gasteiger partial charge is 0.364 e. The molecule has 1 amide bonds. The molecular formula is C12H18N2O. The first kappa shape index (κ1) is 11.7. The molecule has 2 N–H and O–H groups in total. The number of primary amides is 1. The predicted molar refractivity (Wildman–Crippen MR) is 60.6 cm³/mol. The quantitative estimate of drug-likeness (QED) is 0.823. The van der Waals surface area contributed by atoms with E-state index in [0.717, 1.165) is 5.56 Å². The highest BCUT2D eigenvalue weighted by molar-refractivity contribution is 5.92. The molecule has 0 unspecified atom stereocenters. The number of rotatable bonds is 3. The third-order valence-electron chi connectivity index (χ3n) is 3.18. The van der Waals surface area contributed by atoms with E-state index >= 15 is 0 Å². The van der Waals surface area contributed by atoms with Crippen molar-refractivity contribution in [3.63, 3.8) is 0 Å². The lowest BCUT2D eigenvalue weighted by molar-refractivity contribution is 0.0992. The first-order chi connectivity index (χ1) is 6.87. The maximum absolute atomic E-state index is 11.3. The van der Waals surface area contributed by atoms with Gasteiger partial charge >= 0.3 is 0 Å². The first-order valence-corrected chi connectivity index (χ1v) is 5.12. The molecular weight excluding hydrogens is 188 g/mol. The number of hydrogen-bond acceptors (Lipinski definition) is 2. The van der Waals surface area contributed by atoms with Crippen molar-refractivity contribution in [3.05, 3.63) is 29.6 Å². The molecule has 82 valence electrons. The minimum absolute atomic E-state index is 0.0986. The highest BCUT2D eigenvalue weighted by Gasteiger charge is 2.29. The lowest BCUT2D eigenvalue weighted by Crippen LogP contribution is -2.29. The van der Waals surface area contributed by atoms with E-state index in [0.29, 0.717) is 11.6 Å². The molecule has 0 aliphatic rings. The van der Waals surface area contributed by atoms with E-state index in [2.05, 4.69) is 32.7 Å². The summed E-state index contributed by atoms with van der Waals surface area (Å²) in [6, 6.07) is 3.76. The Morgan fingerprint density at radius 1 is 1.47 bits per heavy atom. The van der Waals surface area contributed by atoms with E-state index in [4.69, 9.17) is 5.73 Å². The average Bonchev–Trinajstić information content (AvgIpc) is 2.17. The van der Waals surface area contributed by atoms with Crippen LogP contribution in [0, 0.1) is 5.92 Å². The molecule has 15 heavy (non-hydrogen) atoms. The molecule has 0 bridgehead atoms. The lowest BCUT2D eigenvalue weighted by atomic mass is 9.74. The van der Waals surface area contributed by atoms with Crippen molar-refractivity contribution in [2.45, 2.75) is 33.1 Å². The van der Waals surface area contributed by atoms with Gasteiger partial charge in [-0.15, -0.1) is 0 Å². The van der Waals surface area contributed by atoms with Crippen LogP contribution in [0.1, 0.15) is 43.7 Å². The second-order valence-electron chi connectivity index (χ2n) is 4.64. The molecule has 0 aromatic carbocycles. The highest BCUT2D eigenvalue weighted by atomic mass is 16.1. The van der Waals surface area contributed by atoms with Gasteiger partial charge in [-0.05, 0) is 23.0 Å². The van der Waals surface area contributed by atoms with Gasteiger partial charge in [0, 0.05) is 6.20 Å². The number of carbonyl (C=O) groups is 1. The highest BCUT2D eigenvalue weighted by Crippen LogP contribution is 2.32. The third kappa shape index (κ3) is 2.17. The standard InChI is InChI=1S/C12H18N2O/c1-8(2)12(3,4)9-6-5-7-14-10(9)11(13)15/h5-8H,1-4H3,(H2,13,15). The van der Waals surface area contributed by atoms with Gasteiger partial charge in [0.2, 0.25) is 0 Å². The number of nitrogens with zero attached hydrogens (tertiary/aromatic N) is 1. The summed E-state index contributed by atoms with van der Waals surface area (Å²) in [5.74, 6) is -0.0425. The van der Waals surface area contributed by atoms with Gasteiger partial charge in [-0.3, -0.25) is 9.78 Å². The van der Waals surface area contributed by atoms with Crippen LogP contribution in [0.15, 0.2) is 18.3 Å². The summed E-state index contributed by atoms with van der Waals surface area (Å²) in [6.07, 6.45) is 1.60. The molecule has 0 spiro atoms. The molecule has 3 nitrogen and oxygen atoms in total. The Hall–Kier alpha value is -1.38. The fourth-order valence-electron chi connectivity index (χ4n) is 1.43. The molecule has 3 heteroatoms. The van der Waals surface area contributed by atoms with Crippen LogP contribution in [0.4, 0.5) is 0 Å². The number of pyridine rings is 1. The second kappa shape index (κ2) is 4.01. The summed E-state index contributed by atoms with van der Waals surface area (Å²) in [4.78, 5) is 15.3. The van der Waals surface area contributed by atoms with Crippen molar-refractivity contribution in [2.75, 3.05) is 0 Å². The van der Waals surface area contributed by atoms with Gasteiger partial charge in [0.05, 0.1) is 0 Å². The van der Waals surface area contributed by atoms with Crippen LogP contribution in [-0.4, -0.2) is 10.9 Å². The number of nitrogens with two attached hydrogens (primary N) is 1. The monoisotopic (exact) mass is 206 g/mol. The third-order valence-corrected chi connectivity index (χ3v) is 3.18. The maximum atomic E-state index is 11.3. The molecule has 0 aliphatic carbocycles. The SMILES string of the molecule is CC(C)C(C)(C)c1cccnc1C(N)=O. The summed E-state index contributed by atoms with van der Waals surface area (Å²) in [5, 5.41) is 0. The van der Waals surface area contributed by atoms with Crippen molar-refractivity contribution < 1.29 is 4.79 Å². The fraction of sp³-hybridized carbons (Fsp3) is 0.500. The molecule has 0 atom stereocenters. The fourth-order valence-corrected chi connectivity index (χ4v) is 1.43. The van der Waals surface area contributed by atoms with E-state index in [-0.39, 0.29) is 5.41 Å². The van der Waals surface area contributed by atoms with Crippen molar-refractivity contribution in [3.8, 4) is 0 Å². The summed E-state index contributed by atoms with van der Waals surface area (Å²) in [7, 11) is 0. The van der Waals surface area contributed by atoms with Gasteiger partial charge in [-0.1, -0.05) is 33.8 Å². The molecule has 0 saturated heterocycles.